The minimum atomic E-state index is 0.465. The Morgan fingerprint density at radius 1 is 1.00 bits per heavy atom. The molecular formula is C20H21N3. The van der Waals surface area contributed by atoms with Crippen molar-refractivity contribution >= 4 is 5.82 Å². The van der Waals surface area contributed by atoms with E-state index in [1.165, 1.54) is 22.4 Å². The highest BCUT2D eigenvalue weighted by Gasteiger charge is 2.24. The van der Waals surface area contributed by atoms with Crippen LogP contribution in [0.4, 0.5) is 5.82 Å². The van der Waals surface area contributed by atoms with Crippen LogP contribution in [0.1, 0.15) is 30.9 Å². The van der Waals surface area contributed by atoms with Crippen LogP contribution in [0.3, 0.4) is 0 Å². The standard InChI is InChI=1S/C20H21N3/c1-14(2)16-10-6-7-11-18(16)23-20-17(12-13-21-20)19(22-23)15-8-4-3-5-9-15/h3-11,14,21H,12-13H2,1-2H3. The Morgan fingerprint density at radius 3 is 2.52 bits per heavy atom. The number of para-hydroxylation sites is 1. The second kappa shape index (κ2) is 5.58. The van der Waals surface area contributed by atoms with Crippen LogP contribution < -0.4 is 5.32 Å². The summed E-state index contributed by atoms with van der Waals surface area (Å²) < 4.78 is 2.10. The molecule has 23 heavy (non-hydrogen) atoms. The first-order valence-electron chi connectivity index (χ1n) is 8.26. The Kier molecular flexibility index (Phi) is 3.41. The van der Waals surface area contributed by atoms with Crippen LogP contribution in [0.25, 0.3) is 16.9 Å². The molecular weight excluding hydrogens is 282 g/mol. The average Bonchev–Trinajstić information content (AvgIpc) is 3.18. The van der Waals surface area contributed by atoms with E-state index in [-0.39, 0.29) is 0 Å². The van der Waals surface area contributed by atoms with Crippen LogP contribution in [0.2, 0.25) is 0 Å². The van der Waals surface area contributed by atoms with Gasteiger partial charge in [0, 0.05) is 17.7 Å². The average molecular weight is 303 g/mol. The van der Waals surface area contributed by atoms with Gasteiger partial charge in [-0.1, -0.05) is 62.4 Å². The zero-order chi connectivity index (χ0) is 15.8. The highest BCUT2D eigenvalue weighted by atomic mass is 15.3. The molecule has 3 aromatic rings. The largest absolute Gasteiger partial charge is 0.369 e. The third kappa shape index (κ3) is 2.33. The predicted molar refractivity (Wildman–Crippen MR) is 95.3 cm³/mol. The number of nitrogens with one attached hydrogen (secondary N) is 1. The van der Waals surface area contributed by atoms with E-state index >= 15 is 0 Å². The monoisotopic (exact) mass is 303 g/mol. The molecule has 0 amide bonds. The number of fused-ring (bicyclic) bond motifs is 1. The summed E-state index contributed by atoms with van der Waals surface area (Å²) in [6.45, 7) is 5.44. The maximum atomic E-state index is 4.97. The van der Waals surface area contributed by atoms with Crippen molar-refractivity contribution in [2.45, 2.75) is 26.2 Å². The fourth-order valence-corrected chi connectivity index (χ4v) is 3.35. The van der Waals surface area contributed by atoms with Gasteiger partial charge in [-0.25, -0.2) is 4.68 Å². The van der Waals surface area contributed by atoms with Crippen LogP contribution in [-0.2, 0) is 6.42 Å². The van der Waals surface area contributed by atoms with Gasteiger partial charge in [0.25, 0.3) is 0 Å². The molecule has 3 heteroatoms. The molecule has 0 saturated carbocycles. The van der Waals surface area contributed by atoms with Crippen molar-refractivity contribution in [2.24, 2.45) is 0 Å². The molecule has 0 unspecified atom stereocenters. The van der Waals surface area contributed by atoms with Gasteiger partial charge < -0.3 is 5.32 Å². The number of aromatic nitrogens is 2. The molecule has 2 aromatic carbocycles. The number of rotatable bonds is 3. The summed E-state index contributed by atoms with van der Waals surface area (Å²) in [4.78, 5) is 0. The van der Waals surface area contributed by atoms with Crippen molar-refractivity contribution in [3.8, 4) is 16.9 Å². The maximum Gasteiger partial charge on any atom is 0.133 e. The first kappa shape index (κ1) is 14.1. The van der Waals surface area contributed by atoms with E-state index in [1.807, 2.05) is 6.07 Å². The van der Waals surface area contributed by atoms with Gasteiger partial charge >= 0.3 is 0 Å². The van der Waals surface area contributed by atoms with Crippen molar-refractivity contribution in [3.63, 3.8) is 0 Å². The minimum Gasteiger partial charge on any atom is -0.369 e. The number of benzene rings is 2. The van der Waals surface area contributed by atoms with Crippen molar-refractivity contribution in [3.05, 3.63) is 65.7 Å². The summed E-state index contributed by atoms with van der Waals surface area (Å²) in [5.41, 5.74) is 6.12. The van der Waals surface area contributed by atoms with Crippen LogP contribution in [0.5, 0.6) is 0 Å². The maximum absolute atomic E-state index is 4.97. The van der Waals surface area contributed by atoms with Crippen LogP contribution >= 0.6 is 0 Å². The third-order valence-electron chi connectivity index (χ3n) is 4.49. The van der Waals surface area contributed by atoms with E-state index in [9.17, 15) is 0 Å². The lowest BCUT2D eigenvalue weighted by molar-refractivity contribution is 0.812. The van der Waals surface area contributed by atoms with E-state index in [4.69, 9.17) is 5.10 Å². The Balaban J connectivity index is 1.92. The molecule has 0 saturated heterocycles. The molecule has 0 bridgehead atoms. The zero-order valence-electron chi connectivity index (χ0n) is 13.6. The van der Waals surface area contributed by atoms with Crippen molar-refractivity contribution in [1.29, 1.82) is 0 Å². The molecule has 0 spiro atoms. The van der Waals surface area contributed by atoms with E-state index in [2.05, 4.69) is 72.4 Å². The predicted octanol–water partition coefficient (Wildman–Crippen LogP) is 4.63. The third-order valence-corrected chi connectivity index (χ3v) is 4.49. The number of nitrogens with zero attached hydrogens (tertiary/aromatic N) is 2. The van der Waals surface area contributed by atoms with Crippen LogP contribution in [0.15, 0.2) is 54.6 Å². The van der Waals surface area contributed by atoms with Crippen molar-refractivity contribution in [2.75, 3.05) is 11.9 Å². The summed E-state index contributed by atoms with van der Waals surface area (Å²) in [6.07, 6.45) is 1.03. The molecule has 0 fully saturated rings. The first-order valence-corrected chi connectivity index (χ1v) is 8.26. The van der Waals surface area contributed by atoms with E-state index < -0.39 is 0 Å². The van der Waals surface area contributed by atoms with E-state index in [0.29, 0.717) is 5.92 Å². The lowest BCUT2D eigenvalue weighted by Gasteiger charge is -2.14. The molecule has 1 aliphatic heterocycles. The van der Waals surface area contributed by atoms with Gasteiger partial charge in [0.05, 0.1) is 11.4 Å². The van der Waals surface area contributed by atoms with Gasteiger partial charge in [0.1, 0.15) is 5.82 Å². The number of hydrogen-bond donors (Lipinski definition) is 1. The van der Waals surface area contributed by atoms with Gasteiger partial charge in [-0.05, 0) is 24.0 Å². The van der Waals surface area contributed by atoms with Crippen LogP contribution in [0, 0.1) is 0 Å². The molecule has 4 rings (SSSR count). The molecule has 1 N–H and O–H groups in total. The summed E-state index contributed by atoms with van der Waals surface area (Å²) in [7, 11) is 0. The smallest absolute Gasteiger partial charge is 0.133 e. The second-order valence-corrected chi connectivity index (χ2v) is 6.34. The molecule has 1 aromatic heterocycles. The normalized spacial score (nSPS) is 13.2. The van der Waals surface area contributed by atoms with Gasteiger partial charge in [-0.3, -0.25) is 0 Å². The molecule has 116 valence electrons. The molecule has 1 aliphatic rings. The van der Waals surface area contributed by atoms with Gasteiger partial charge in [-0.15, -0.1) is 0 Å². The molecule has 2 heterocycles. The van der Waals surface area contributed by atoms with Crippen molar-refractivity contribution < 1.29 is 0 Å². The summed E-state index contributed by atoms with van der Waals surface area (Å²) in [5, 5.41) is 8.49. The van der Waals surface area contributed by atoms with E-state index in [0.717, 1.165) is 24.5 Å². The number of hydrogen-bond acceptors (Lipinski definition) is 2. The lowest BCUT2D eigenvalue weighted by Crippen LogP contribution is -2.07. The van der Waals surface area contributed by atoms with E-state index in [1.54, 1.807) is 0 Å². The highest BCUT2D eigenvalue weighted by Crippen LogP contribution is 2.36. The first-order chi connectivity index (χ1) is 11.3. The Bertz CT molecular complexity index is 831. The quantitative estimate of drug-likeness (QED) is 0.764. The SMILES string of the molecule is CC(C)c1ccccc1-n1nc(-c2ccccc2)c2c1NCC2. The second-order valence-electron chi connectivity index (χ2n) is 6.34. The summed E-state index contributed by atoms with van der Waals surface area (Å²) >= 11 is 0. The zero-order valence-corrected chi connectivity index (χ0v) is 13.6. The Morgan fingerprint density at radius 2 is 1.74 bits per heavy atom. The fraction of sp³-hybridized carbons (Fsp3) is 0.250. The van der Waals surface area contributed by atoms with Crippen LogP contribution in [-0.4, -0.2) is 16.3 Å². The molecule has 0 aliphatic carbocycles. The molecule has 0 atom stereocenters. The van der Waals surface area contributed by atoms with Gasteiger partial charge in [0.15, 0.2) is 0 Å². The van der Waals surface area contributed by atoms with Crippen molar-refractivity contribution in [1.82, 2.24) is 9.78 Å². The van der Waals surface area contributed by atoms with Gasteiger partial charge in [-0.2, -0.15) is 5.10 Å². The molecule has 3 nitrogen and oxygen atoms in total. The Labute approximate surface area is 137 Å². The fourth-order valence-electron chi connectivity index (χ4n) is 3.35. The lowest BCUT2D eigenvalue weighted by atomic mass is 10.0. The topological polar surface area (TPSA) is 29.9 Å². The van der Waals surface area contributed by atoms with Gasteiger partial charge in [0.2, 0.25) is 0 Å². The highest BCUT2D eigenvalue weighted by molar-refractivity contribution is 5.73. The number of anilines is 1. The molecule has 0 radical (unpaired) electrons. The summed E-state index contributed by atoms with van der Waals surface area (Å²) in [6, 6.07) is 19.0. The Hall–Kier alpha value is -2.55. The minimum absolute atomic E-state index is 0.465. The summed E-state index contributed by atoms with van der Waals surface area (Å²) in [5.74, 6) is 1.62.